The van der Waals surface area contributed by atoms with Crippen LogP contribution < -0.4 is 5.32 Å². The van der Waals surface area contributed by atoms with E-state index in [1.54, 1.807) is 12.1 Å². The van der Waals surface area contributed by atoms with Gasteiger partial charge in [-0.25, -0.2) is 0 Å². The molecule has 5 heteroatoms. The number of nitrogens with zero attached hydrogens (tertiary/aromatic N) is 2. The zero-order valence-corrected chi connectivity index (χ0v) is 10.9. The lowest BCUT2D eigenvalue weighted by Crippen LogP contribution is -2.39. The highest BCUT2D eigenvalue weighted by Gasteiger charge is 2.09. The summed E-state index contributed by atoms with van der Waals surface area (Å²) < 4.78 is 5.30. The largest absolute Gasteiger partial charge is 0.383 e. The molecule has 0 atom stereocenters. The van der Waals surface area contributed by atoms with Crippen molar-refractivity contribution < 1.29 is 4.74 Å². The van der Waals surface area contributed by atoms with Crippen LogP contribution in [-0.2, 0) is 4.74 Å². The van der Waals surface area contributed by atoms with Crippen molar-refractivity contribution >= 4 is 17.3 Å². The molecule has 1 aliphatic rings. The van der Waals surface area contributed by atoms with Crippen LogP contribution in [0, 0.1) is 11.3 Å². The number of hydrogen-bond donors (Lipinski definition) is 1. The maximum absolute atomic E-state index is 8.75. The molecule has 1 aromatic carbocycles. The Labute approximate surface area is 112 Å². The second kappa shape index (κ2) is 6.60. The summed E-state index contributed by atoms with van der Waals surface area (Å²) >= 11 is 6.08. The molecule has 1 heterocycles. The van der Waals surface area contributed by atoms with Crippen LogP contribution in [0.25, 0.3) is 0 Å². The fraction of sp³-hybridized carbons (Fsp3) is 0.462. The lowest BCUT2D eigenvalue weighted by Gasteiger charge is -2.26. The van der Waals surface area contributed by atoms with Gasteiger partial charge in [-0.05, 0) is 18.2 Å². The van der Waals surface area contributed by atoms with Gasteiger partial charge in [-0.2, -0.15) is 5.26 Å². The van der Waals surface area contributed by atoms with Crippen LogP contribution in [-0.4, -0.2) is 44.3 Å². The number of anilines is 1. The molecule has 96 valence electrons. The third kappa shape index (κ3) is 3.61. The average Bonchev–Trinajstić information content (AvgIpc) is 2.42. The van der Waals surface area contributed by atoms with Crippen LogP contribution in [0.5, 0.6) is 0 Å². The van der Waals surface area contributed by atoms with Crippen LogP contribution in [0.15, 0.2) is 18.2 Å². The lowest BCUT2D eigenvalue weighted by atomic mass is 10.2. The number of ether oxygens (including phenoxy) is 1. The molecular formula is C13H16ClN3O. The van der Waals surface area contributed by atoms with Gasteiger partial charge in [0, 0.05) is 26.2 Å². The Morgan fingerprint density at radius 1 is 1.39 bits per heavy atom. The van der Waals surface area contributed by atoms with Crippen LogP contribution in [0.3, 0.4) is 0 Å². The number of hydrogen-bond acceptors (Lipinski definition) is 4. The monoisotopic (exact) mass is 265 g/mol. The molecule has 1 saturated heterocycles. The molecule has 4 nitrogen and oxygen atoms in total. The van der Waals surface area contributed by atoms with Crippen molar-refractivity contribution in [3.8, 4) is 6.07 Å². The first-order chi connectivity index (χ1) is 8.79. The molecule has 0 aliphatic carbocycles. The van der Waals surface area contributed by atoms with E-state index in [9.17, 15) is 0 Å². The van der Waals surface area contributed by atoms with Crippen LogP contribution in [0.4, 0.5) is 5.69 Å². The lowest BCUT2D eigenvalue weighted by molar-refractivity contribution is 0.0398. The summed E-state index contributed by atoms with van der Waals surface area (Å²) in [5, 5.41) is 12.6. The molecule has 0 unspecified atom stereocenters. The standard InChI is InChI=1S/C13H16ClN3O/c14-12-9-11(10-15)1-2-13(12)16-3-4-17-5-7-18-8-6-17/h1-2,9,16H,3-8H2. The molecule has 0 bridgehead atoms. The first-order valence-corrected chi connectivity index (χ1v) is 6.41. The average molecular weight is 266 g/mol. The number of rotatable bonds is 4. The van der Waals surface area contributed by atoms with Crippen molar-refractivity contribution in [2.75, 3.05) is 44.7 Å². The van der Waals surface area contributed by atoms with E-state index in [0.29, 0.717) is 10.6 Å². The topological polar surface area (TPSA) is 48.3 Å². The van der Waals surface area contributed by atoms with Gasteiger partial charge < -0.3 is 10.1 Å². The molecule has 0 saturated carbocycles. The van der Waals surface area contributed by atoms with E-state index >= 15 is 0 Å². The summed E-state index contributed by atoms with van der Waals surface area (Å²) in [5.74, 6) is 0. The highest BCUT2D eigenvalue weighted by molar-refractivity contribution is 6.33. The van der Waals surface area contributed by atoms with Gasteiger partial charge >= 0.3 is 0 Å². The second-order valence-electron chi connectivity index (χ2n) is 4.19. The Bertz CT molecular complexity index is 438. The fourth-order valence-electron chi connectivity index (χ4n) is 1.90. The van der Waals surface area contributed by atoms with Gasteiger partial charge in [0.1, 0.15) is 0 Å². The minimum atomic E-state index is 0.582. The third-order valence-electron chi connectivity index (χ3n) is 2.95. The fourth-order valence-corrected chi connectivity index (χ4v) is 2.15. The number of halogens is 1. The third-order valence-corrected chi connectivity index (χ3v) is 3.26. The van der Waals surface area contributed by atoms with Gasteiger partial charge in [0.25, 0.3) is 0 Å². The van der Waals surface area contributed by atoms with Gasteiger partial charge in [0.15, 0.2) is 0 Å². The summed E-state index contributed by atoms with van der Waals surface area (Å²) in [7, 11) is 0. The summed E-state index contributed by atoms with van der Waals surface area (Å²) in [6, 6.07) is 7.36. The number of nitriles is 1. The van der Waals surface area contributed by atoms with E-state index in [4.69, 9.17) is 21.6 Å². The number of benzene rings is 1. The van der Waals surface area contributed by atoms with Crippen molar-refractivity contribution in [1.29, 1.82) is 5.26 Å². The zero-order chi connectivity index (χ0) is 12.8. The highest BCUT2D eigenvalue weighted by atomic mass is 35.5. The normalized spacial score (nSPS) is 16.2. The van der Waals surface area contributed by atoms with E-state index in [2.05, 4.69) is 16.3 Å². The molecule has 1 N–H and O–H groups in total. The molecule has 0 spiro atoms. The molecule has 1 aromatic rings. The van der Waals surface area contributed by atoms with Gasteiger partial charge in [0.2, 0.25) is 0 Å². The molecule has 1 aliphatic heterocycles. The molecule has 0 radical (unpaired) electrons. The zero-order valence-electron chi connectivity index (χ0n) is 10.2. The molecule has 2 rings (SSSR count). The van der Waals surface area contributed by atoms with Crippen LogP contribution in [0.2, 0.25) is 5.02 Å². The Hall–Kier alpha value is -1.28. The summed E-state index contributed by atoms with van der Waals surface area (Å²) in [6.07, 6.45) is 0. The SMILES string of the molecule is N#Cc1ccc(NCCN2CCOCC2)c(Cl)c1. The van der Waals surface area contributed by atoms with Crippen molar-refractivity contribution in [1.82, 2.24) is 4.90 Å². The molecule has 0 amide bonds. The van der Waals surface area contributed by atoms with Gasteiger partial charge in [-0.15, -0.1) is 0 Å². The van der Waals surface area contributed by atoms with Crippen molar-refractivity contribution in [3.05, 3.63) is 28.8 Å². The number of nitrogens with one attached hydrogen (secondary N) is 1. The van der Waals surface area contributed by atoms with E-state index < -0.39 is 0 Å². The molecule has 0 aromatic heterocycles. The minimum absolute atomic E-state index is 0.582. The van der Waals surface area contributed by atoms with Gasteiger partial charge in [-0.1, -0.05) is 11.6 Å². The first-order valence-electron chi connectivity index (χ1n) is 6.03. The van der Waals surface area contributed by atoms with Crippen molar-refractivity contribution in [3.63, 3.8) is 0 Å². The molecular weight excluding hydrogens is 250 g/mol. The predicted molar refractivity (Wildman–Crippen MR) is 71.9 cm³/mol. The summed E-state index contributed by atoms with van der Waals surface area (Å²) in [4.78, 5) is 2.36. The van der Waals surface area contributed by atoms with E-state index in [0.717, 1.165) is 45.1 Å². The van der Waals surface area contributed by atoms with Gasteiger partial charge in [-0.3, -0.25) is 4.90 Å². The molecule has 18 heavy (non-hydrogen) atoms. The molecule has 1 fully saturated rings. The first kappa shape index (κ1) is 13.2. The number of morpholine rings is 1. The maximum Gasteiger partial charge on any atom is 0.0992 e. The van der Waals surface area contributed by atoms with E-state index in [-0.39, 0.29) is 0 Å². The second-order valence-corrected chi connectivity index (χ2v) is 4.59. The highest BCUT2D eigenvalue weighted by Crippen LogP contribution is 2.22. The quantitative estimate of drug-likeness (QED) is 0.904. The van der Waals surface area contributed by atoms with E-state index in [1.807, 2.05) is 6.07 Å². The van der Waals surface area contributed by atoms with Crippen LogP contribution >= 0.6 is 11.6 Å². The minimum Gasteiger partial charge on any atom is -0.383 e. The van der Waals surface area contributed by atoms with Crippen LogP contribution in [0.1, 0.15) is 5.56 Å². The maximum atomic E-state index is 8.75. The smallest absolute Gasteiger partial charge is 0.0992 e. The Morgan fingerprint density at radius 3 is 2.83 bits per heavy atom. The predicted octanol–water partition coefficient (Wildman–Crippen LogP) is 1.96. The van der Waals surface area contributed by atoms with Crippen molar-refractivity contribution in [2.24, 2.45) is 0 Å². The van der Waals surface area contributed by atoms with E-state index in [1.165, 1.54) is 0 Å². The Balaban J connectivity index is 1.81. The summed E-state index contributed by atoms with van der Waals surface area (Å²) in [5.41, 5.74) is 1.46. The Morgan fingerprint density at radius 2 is 2.17 bits per heavy atom. The van der Waals surface area contributed by atoms with Crippen molar-refractivity contribution in [2.45, 2.75) is 0 Å². The summed E-state index contributed by atoms with van der Waals surface area (Å²) in [6.45, 7) is 5.42. The van der Waals surface area contributed by atoms with Gasteiger partial charge in [0.05, 0.1) is 35.6 Å². The Kier molecular flexibility index (Phi) is 4.82.